The van der Waals surface area contributed by atoms with E-state index < -0.39 is 40.5 Å². The van der Waals surface area contributed by atoms with Crippen LogP contribution in [0.2, 0.25) is 0 Å². The van der Waals surface area contributed by atoms with Crippen LogP contribution in [0.25, 0.3) is 0 Å². The fourth-order valence-electron chi connectivity index (χ4n) is 3.45. The monoisotopic (exact) mass is 383 g/mol. The minimum Gasteiger partial charge on any atom is -0.457 e. The van der Waals surface area contributed by atoms with E-state index in [1.165, 1.54) is 6.07 Å². The summed E-state index contributed by atoms with van der Waals surface area (Å²) in [6, 6.07) is 15.0. The molecular weight excluding hydrogens is 362 g/mol. The molecule has 1 heterocycles. The maximum absolute atomic E-state index is 13.4. The van der Waals surface area contributed by atoms with Crippen molar-refractivity contribution in [2.24, 2.45) is 0 Å². The summed E-state index contributed by atoms with van der Waals surface area (Å²) in [5.41, 5.74) is -1.81. The van der Waals surface area contributed by atoms with E-state index >= 15 is 0 Å². The molecule has 0 radical (unpaired) electrons. The fourth-order valence-corrected chi connectivity index (χ4v) is 3.45. The van der Waals surface area contributed by atoms with Crippen molar-refractivity contribution in [1.82, 2.24) is 0 Å². The average Bonchev–Trinajstić information content (AvgIpc) is 2.93. The first kappa shape index (κ1) is 19.5. The lowest BCUT2D eigenvalue weighted by molar-refractivity contribution is -0.486. The Kier molecular flexibility index (Phi) is 4.93. The molecule has 7 heteroatoms. The highest BCUT2D eigenvalue weighted by molar-refractivity contribution is 6.01. The summed E-state index contributed by atoms with van der Waals surface area (Å²) in [7, 11) is 0. The lowest BCUT2D eigenvalue weighted by Gasteiger charge is -2.35. The molecule has 0 aromatic heterocycles. The van der Waals surface area contributed by atoms with Gasteiger partial charge in [-0.1, -0.05) is 48.5 Å². The number of ether oxygens (including phenoxy) is 2. The summed E-state index contributed by atoms with van der Waals surface area (Å²) in [6.07, 6.45) is 0. The lowest BCUT2D eigenvalue weighted by atomic mass is 9.76. The molecule has 3 rings (SSSR count). The molecule has 0 saturated carbocycles. The number of benzene rings is 2. The number of rotatable bonds is 5. The molecule has 0 saturated heterocycles. The number of nitrogens with zero attached hydrogens (tertiary/aromatic N) is 1. The van der Waals surface area contributed by atoms with Crippen LogP contribution in [0.1, 0.15) is 48.2 Å². The molecule has 0 N–H and O–H groups in total. The number of carbonyl (C=O) groups is 2. The van der Waals surface area contributed by atoms with E-state index in [1.807, 2.05) is 0 Å². The summed E-state index contributed by atoms with van der Waals surface area (Å²) in [6.45, 7) is 4.45. The van der Waals surface area contributed by atoms with E-state index in [-0.39, 0.29) is 11.1 Å². The fraction of sp³-hybridized carbons (Fsp3) is 0.333. The molecule has 2 atom stereocenters. The number of hydrogen-bond acceptors (Lipinski definition) is 6. The molecule has 0 amide bonds. The molecule has 28 heavy (non-hydrogen) atoms. The normalized spacial score (nSPS) is 19.5. The van der Waals surface area contributed by atoms with Crippen molar-refractivity contribution in [3.8, 4) is 0 Å². The zero-order chi connectivity index (χ0) is 20.5. The molecule has 2 unspecified atom stereocenters. The summed E-state index contributed by atoms with van der Waals surface area (Å²) >= 11 is 0. The zero-order valence-corrected chi connectivity index (χ0v) is 15.9. The van der Waals surface area contributed by atoms with Crippen LogP contribution in [0.3, 0.4) is 0 Å². The number of hydrogen-bond donors (Lipinski definition) is 0. The summed E-state index contributed by atoms with van der Waals surface area (Å²) in [4.78, 5) is 36.9. The highest BCUT2D eigenvalue weighted by Gasteiger charge is 2.60. The molecule has 7 nitrogen and oxygen atoms in total. The van der Waals surface area contributed by atoms with Gasteiger partial charge < -0.3 is 9.47 Å². The Hall–Kier alpha value is -3.22. The Balaban J connectivity index is 2.25. The average molecular weight is 383 g/mol. The molecule has 146 valence electrons. The maximum atomic E-state index is 13.4. The van der Waals surface area contributed by atoms with E-state index in [0.717, 1.165) is 0 Å². The van der Waals surface area contributed by atoms with E-state index in [0.29, 0.717) is 5.56 Å². The number of carbonyl (C=O) groups excluding carboxylic acids is 2. The van der Waals surface area contributed by atoms with E-state index in [1.54, 1.807) is 69.3 Å². The second-order valence-corrected chi connectivity index (χ2v) is 7.65. The first-order chi connectivity index (χ1) is 13.1. The topological polar surface area (TPSA) is 95.7 Å². The third-order valence-corrected chi connectivity index (χ3v) is 4.53. The summed E-state index contributed by atoms with van der Waals surface area (Å²) < 4.78 is 11.2. The number of cyclic esters (lactones) is 1. The first-order valence-corrected chi connectivity index (χ1v) is 8.88. The molecule has 1 aliphatic rings. The number of fused-ring (bicyclic) bond motifs is 1. The van der Waals surface area contributed by atoms with Crippen molar-refractivity contribution in [3.05, 3.63) is 81.4 Å². The van der Waals surface area contributed by atoms with Crippen LogP contribution < -0.4 is 0 Å². The van der Waals surface area contributed by atoms with Gasteiger partial charge in [0.05, 0.1) is 5.56 Å². The van der Waals surface area contributed by atoms with Gasteiger partial charge in [0, 0.05) is 10.5 Å². The van der Waals surface area contributed by atoms with Crippen molar-refractivity contribution in [2.75, 3.05) is 6.54 Å². The van der Waals surface area contributed by atoms with Crippen LogP contribution >= 0.6 is 0 Å². The van der Waals surface area contributed by atoms with Gasteiger partial charge in [-0.3, -0.25) is 10.1 Å². The van der Waals surface area contributed by atoms with Crippen LogP contribution in [0.15, 0.2) is 54.6 Å². The van der Waals surface area contributed by atoms with Crippen LogP contribution in [-0.4, -0.2) is 29.0 Å². The third-order valence-electron chi connectivity index (χ3n) is 4.53. The van der Waals surface area contributed by atoms with Crippen LogP contribution in [0.5, 0.6) is 0 Å². The molecule has 0 fully saturated rings. The first-order valence-electron chi connectivity index (χ1n) is 8.88. The Bertz CT molecular complexity index is 918. The standard InChI is InChI=1S/C21H21NO6/c1-20(2,3)28-19(24)21(16-12-8-7-11-15(16)18(23)27-21)17(13-22(25)26)14-9-5-4-6-10-14/h4-12,17H,13H2,1-3H3. The van der Waals surface area contributed by atoms with Gasteiger partial charge in [0.25, 0.3) is 0 Å². The third kappa shape index (κ3) is 3.47. The van der Waals surface area contributed by atoms with Gasteiger partial charge in [-0.15, -0.1) is 0 Å². The van der Waals surface area contributed by atoms with E-state index in [2.05, 4.69) is 0 Å². The van der Waals surface area contributed by atoms with Crippen molar-refractivity contribution < 1.29 is 24.0 Å². The zero-order valence-electron chi connectivity index (χ0n) is 15.9. The highest BCUT2D eigenvalue weighted by atomic mass is 16.6. The molecule has 0 spiro atoms. The second-order valence-electron chi connectivity index (χ2n) is 7.65. The molecule has 1 aliphatic heterocycles. The predicted octanol–water partition coefficient (Wildman–Crippen LogP) is 3.45. The largest absolute Gasteiger partial charge is 0.457 e. The smallest absolute Gasteiger partial charge is 0.356 e. The summed E-state index contributed by atoms with van der Waals surface area (Å²) in [5.74, 6) is -2.58. The second kappa shape index (κ2) is 7.07. The quantitative estimate of drug-likeness (QED) is 0.446. The number of nitro groups is 1. The van der Waals surface area contributed by atoms with Crippen molar-refractivity contribution in [3.63, 3.8) is 0 Å². The Morgan fingerprint density at radius 1 is 1.14 bits per heavy atom. The summed E-state index contributed by atoms with van der Waals surface area (Å²) in [5, 5.41) is 11.5. The van der Waals surface area contributed by atoms with Crippen molar-refractivity contribution in [1.29, 1.82) is 0 Å². The lowest BCUT2D eigenvalue weighted by Crippen LogP contribution is -2.48. The van der Waals surface area contributed by atoms with Crippen LogP contribution in [-0.2, 0) is 19.9 Å². The van der Waals surface area contributed by atoms with Crippen LogP contribution in [0, 0.1) is 10.1 Å². The maximum Gasteiger partial charge on any atom is 0.356 e. The Morgan fingerprint density at radius 2 is 1.75 bits per heavy atom. The van der Waals surface area contributed by atoms with E-state index in [9.17, 15) is 19.7 Å². The number of esters is 2. The van der Waals surface area contributed by atoms with Gasteiger partial charge in [-0.05, 0) is 32.4 Å². The molecule has 2 aromatic rings. The molecule has 2 aromatic carbocycles. The van der Waals surface area contributed by atoms with E-state index in [4.69, 9.17) is 9.47 Å². The molecular formula is C21H21NO6. The van der Waals surface area contributed by atoms with Gasteiger partial charge in [-0.2, -0.15) is 0 Å². The highest BCUT2D eigenvalue weighted by Crippen LogP contribution is 2.48. The van der Waals surface area contributed by atoms with Gasteiger partial charge in [0.15, 0.2) is 0 Å². The molecule has 0 bridgehead atoms. The SMILES string of the molecule is CC(C)(C)OC(=O)C1(C(C[N+](=O)[O-])c2ccccc2)OC(=O)c2ccccc21. The van der Waals surface area contributed by atoms with Gasteiger partial charge in [0.2, 0.25) is 12.1 Å². The minimum absolute atomic E-state index is 0.206. The Labute approximate surface area is 162 Å². The van der Waals surface area contributed by atoms with Crippen LogP contribution in [0.4, 0.5) is 0 Å². The Morgan fingerprint density at radius 3 is 2.36 bits per heavy atom. The van der Waals surface area contributed by atoms with Crippen molar-refractivity contribution >= 4 is 11.9 Å². The predicted molar refractivity (Wildman–Crippen MR) is 100 cm³/mol. The van der Waals surface area contributed by atoms with Gasteiger partial charge in [0.1, 0.15) is 11.5 Å². The molecule has 0 aliphatic carbocycles. The van der Waals surface area contributed by atoms with Gasteiger partial charge >= 0.3 is 11.9 Å². The van der Waals surface area contributed by atoms with Crippen molar-refractivity contribution in [2.45, 2.75) is 37.9 Å². The minimum atomic E-state index is -1.94. The van der Waals surface area contributed by atoms with Gasteiger partial charge in [-0.25, -0.2) is 9.59 Å².